The van der Waals surface area contributed by atoms with Crippen LogP contribution in [0.5, 0.6) is 0 Å². The Kier molecular flexibility index (Phi) is 11.9. The van der Waals surface area contributed by atoms with Crippen LogP contribution in [0.15, 0.2) is 66.3 Å². The van der Waals surface area contributed by atoms with Crippen LogP contribution in [0.25, 0.3) is 11.1 Å². The van der Waals surface area contributed by atoms with E-state index in [0.717, 1.165) is 30.1 Å². The number of allylic oxidation sites excluding steroid dienone is 4. The van der Waals surface area contributed by atoms with E-state index in [-0.39, 0.29) is 24.8 Å². The van der Waals surface area contributed by atoms with Crippen LogP contribution in [-0.4, -0.2) is 3.21 Å². The standard InChI is InChI=1S/C17H23.C17H17.C8H8.2ClH.Zr/c1-11-3-4-14(5-11)17(2)15-7-12-6-13(9-15)10-16(17)8-12;1-10-5-14-9-15-6-11(2)13(4)8-17(15)16(14)7-12(10)3;1-2-8-6-4-3-5-7-8;;;/h4-5,11-13,15-16H,6-10H2,1-2H3;5,7-8H,9H2,1-4H3;3-7H,1H3;2*1H;/q2*-1;;;;+2/p-2. The molecule has 6 aliphatic carbocycles. The Labute approximate surface area is 300 Å². The molecule has 0 aromatic heterocycles. The van der Waals surface area contributed by atoms with Crippen LogP contribution in [0.1, 0.15) is 91.8 Å². The van der Waals surface area contributed by atoms with Crippen molar-refractivity contribution in [2.75, 3.05) is 0 Å². The molecule has 45 heavy (non-hydrogen) atoms. The van der Waals surface area contributed by atoms with Gasteiger partial charge in [-0.2, -0.15) is 34.9 Å². The number of aryl methyl sites for hydroxylation is 4. The maximum Gasteiger partial charge on any atom is -0.0253 e. The number of rotatable bonds is 2. The molecule has 0 amide bonds. The van der Waals surface area contributed by atoms with Gasteiger partial charge in [0, 0.05) is 0 Å². The summed E-state index contributed by atoms with van der Waals surface area (Å²) in [7, 11) is 0. The third-order valence-corrected chi connectivity index (χ3v) is 12.3. The van der Waals surface area contributed by atoms with Gasteiger partial charge in [0.1, 0.15) is 0 Å². The van der Waals surface area contributed by atoms with Crippen molar-refractivity contribution in [1.29, 1.82) is 0 Å². The minimum absolute atomic E-state index is 0. The second-order valence-corrected chi connectivity index (χ2v) is 16.4. The van der Waals surface area contributed by atoms with Gasteiger partial charge in [-0.15, -0.1) is 11.1 Å². The first kappa shape index (κ1) is 36.3. The van der Waals surface area contributed by atoms with E-state index in [4.69, 9.17) is 0 Å². The predicted molar refractivity (Wildman–Crippen MR) is 179 cm³/mol. The van der Waals surface area contributed by atoms with Crippen LogP contribution in [0.3, 0.4) is 0 Å². The van der Waals surface area contributed by atoms with Crippen molar-refractivity contribution < 1.29 is 49.0 Å². The number of hydrogen-bond acceptors (Lipinski definition) is 0. The van der Waals surface area contributed by atoms with Crippen LogP contribution in [0.2, 0.25) is 0 Å². The minimum atomic E-state index is 0. The molecule has 0 heterocycles. The maximum atomic E-state index is 3.54. The predicted octanol–water partition coefficient (Wildman–Crippen LogP) is 4.46. The summed E-state index contributed by atoms with van der Waals surface area (Å²) in [6.07, 6.45) is 17.0. The van der Waals surface area contributed by atoms with Gasteiger partial charge < -0.3 is 24.8 Å². The van der Waals surface area contributed by atoms with E-state index in [1.807, 2.05) is 6.07 Å². The molecule has 0 N–H and O–H groups in total. The van der Waals surface area contributed by atoms with Crippen molar-refractivity contribution in [1.82, 2.24) is 0 Å². The number of benzene rings is 3. The van der Waals surface area contributed by atoms with Gasteiger partial charge in [0.15, 0.2) is 0 Å². The van der Waals surface area contributed by atoms with Gasteiger partial charge in [-0.05, 0) is 92.7 Å². The van der Waals surface area contributed by atoms with Crippen LogP contribution < -0.4 is 24.8 Å². The Bertz CT molecular complexity index is 1510. The van der Waals surface area contributed by atoms with Crippen molar-refractivity contribution in [3.8, 4) is 11.1 Å². The van der Waals surface area contributed by atoms with Crippen molar-refractivity contribution in [3.05, 3.63) is 117 Å². The smallest absolute Gasteiger partial charge is 0.0253 e. The van der Waals surface area contributed by atoms with Gasteiger partial charge in [-0.1, -0.05) is 56.7 Å². The van der Waals surface area contributed by atoms with Gasteiger partial charge in [-0.3, -0.25) is 6.08 Å². The number of halogens is 2. The summed E-state index contributed by atoms with van der Waals surface area (Å²) in [6.45, 7) is 15.7. The average Bonchev–Trinajstić information content (AvgIpc) is 3.56. The quantitative estimate of drug-likeness (QED) is 0.270. The van der Waals surface area contributed by atoms with E-state index < -0.39 is 0 Å². The molecule has 3 aromatic carbocycles. The van der Waals surface area contributed by atoms with Gasteiger partial charge in [0.2, 0.25) is 0 Å². The van der Waals surface area contributed by atoms with Gasteiger partial charge >= 0.3 is 70.3 Å². The Morgan fingerprint density at radius 3 is 1.91 bits per heavy atom. The Balaban J connectivity index is 0.000000158. The monoisotopic (exact) mass is 712 g/mol. The fourth-order valence-electron chi connectivity index (χ4n) is 8.89. The normalized spacial score (nSPS) is 27.5. The zero-order valence-electron chi connectivity index (χ0n) is 28.2. The van der Waals surface area contributed by atoms with Gasteiger partial charge in [-0.25, -0.2) is 6.08 Å². The molecule has 4 bridgehead atoms. The fraction of sp³-hybridized carbons (Fsp3) is 0.452. The van der Waals surface area contributed by atoms with E-state index in [1.54, 1.807) is 12.0 Å². The van der Waals surface area contributed by atoms with Crippen molar-refractivity contribution >= 4 is 3.21 Å². The summed E-state index contributed by atoms with van der Waals surface area (Å²) in [5, 5.41) is 0. The summed E-state index contributed by atoms with van der Waals surface area (Å²) in [5.74, 6) is 4.68. The third-order valence-electron chi connectivity index (χ3n) is 11.6. The van der Waals surface area contributed by atoms with Crippen LogP contribution in [-0.2, 0) is 30.7 Å². The summed E-state index contributed by atoms with van der Waals surface area (Å²) in [4.78, 5) is 0. The molecule has 0 nitrogen and oxygen atoms in total. The molecule has 0 spiro atoms. The molecule has 3 heteroatoms. The van der Waals surface area contributed by atoms with E-state index >= 15 is 0 Å². The first-order chi connectivity index (χ1) is 20.5. The second-order valence-electron chi connectivity index (χ2n) is 14.5. The van der Waals surface area contributed by atoms with Crippen molar-refractivity contribution in [2.24, 2.45) is 35.0 Å². The molecule has 236 valence electrons. The second kappa shape index (κ2) is 14.7. The zero-order valence-corrected chi connectivity index (χ0v) is 32.1. The van der Waals surface area contributed by atoms with Gasteiger partial charge in [0.25, 0.3) is 0 Å². The molecule has 0 radical (unpaired) electrons. The summed E-state index contributed by atoms with van der Waals surface area (Å²) in [6, 6.07) is 21.0. The topological polar surface area (TPSA) is 0 Å². The van der Waals surface area contributed by atoms with Crippen LogP contribution >= 0.6 is 0 Å². The van der Waals surface area contributed by atoms with E-state index in [0.29, 0.717) is 11.3 Å². The van der Waals surface area contributed by atoms with E-state index in [2.05, 4.69) is 115 Å². The largest absolute Gasteiger partial charge is 1.00 e. The van der Waals surface area contributed by atoms with Crippen LogP contribution in [0, 0.1) is 74.8 Å². The minimum Gasteiger partial charge on any atom is -1.00 e. The Hall–Kier alpha value is -1.53. The molecule has 1 atom stereocenters. The maximum absolute atomic E-state index is 3.54. The number of fused-ring (bicyclic) bond motifs is 3. The zero-order chi connectivity index (χ0) is 30.5. The molecule has 9 rings (SSSR count). The molecular weight excluding hydrogens is 667 g/mol. The number of hydrogen-bond donors (Lipinski definition) is 0. The molecule has 4 fully saturated rings. The van der Waals surface area contributed by atoms with Crippen molar-refractivity contribution in [3.63, 3.8) is 0 Å². The molecule has 4 saturated carbocycles. The van der Waals surface area contributed by atoms with E-state index in [9.17, 15) is 0 Å². The Morgan fingerprint density at radius 1 is 0.800 bits per heavy atom. The molecule has 0 saturated heterocycles. The molecule has 1 unspecified atom stereocenters. The molecular formula is C42H48Cl2Zr-2. The molecule has 0 aliphatic heterocycles. The summed E-state index contributed by atoms with van der Waals surface area (Å²) < 4.78 is 1.46. The van der Waals surface area contributed by atoms with Gasteiger partial charge in [0.05, 0.1) is 0 Å². The summed E-state index contributed by atoms with van der Waals surface area (Å²) in [5.41, 5.74) is 14.6. The van der Waals surface area contributed by atoms with Crippen molar-refractivity contribution in [2.45, 2.75) is 87.0 Å². The molecule has 6 aliphatic rings. The SMILES string of the molecule is CC1[C-]=CC(C2(C)C3CC4CC(C3)CC2C4)=C1.C[C](=[Zr+2])c1ccccc1.Cc1[c-]c2c(cc1C)-c1cc(C)c(C)cc1C2.[Cl-].[Cl-]. The van der Waals surface area contributed by atoms with E-state index in [1.165, 1.54) is 103 Å². The Morgan fingerprint density at radius 2 is 1.38 bits per heavy atom. The summed E-state index contributed by atoms with van der Waals surface area (Å²) >= 11 is 1.51. The molecule has 3 aromatic rings. The third kappa shape index (κ3) is 7.32. The average molecular weight is 715 g/mol. The fourth-order valence-corrected chi connectivity index (χ4v) is 9.30. The first-order valence-corrected chi connectivity index (χ1v) is 17.8. The first-order valence-electron chi connectivity index (χ1n) is 16.6. The van der Waals surface area contributed by atoms with Crippen LogP contribution in [0.4, 0.5) is 0 Å².